The van der Waals surface area contributed by atoms with Crippen molar-refractivity contribution in [1.29, 1.82) is 0 Å². The minimum absolute atomic E-state index is 0.0524. The molecule has 7 nitrogen and oxygen atoms in total. The Morgan fingerprint density at radius 3 is 2.52 bits per heavy atom. The van der Waals surface area contributed by atoms with Crippen molar-refractivity contribution in [3.8, 4) is 11.9 Å². The summed E-state index contributed by atoms with van der Waals surface area (Å²) in [7, 11) is 1.19. The minimum atomic E-state index is -4.50. The molecular formula is C11H15F3N6O. The first-order valence-corrected chi connectivity index (χ1v) is 6.21. The third kappa shape index (κ3) is 2.99. The van der Waals surface area contributed by atoms with Crippen LogP contribution in [0.15, 0.2) is 6.07 Å². The SMILES string of the molecule is CCn1c(Oc2cc(C(F)(F)F)n(C)n2)nnc1[C@@H](C)N. The summed E-state index contributed by atoms with van der Waals surface area (Å²) in [5.41, 5.74) is 4.83. The van der Waals surface area contributed by atoms with Gasteiger partial charge in [-0.2, -0.15) is 13.2 Å². The quantitative estimate of drug-likeness (QED) is 0.932. The van der Waals surface area contributed by atoms with E-state index in [9.17, 15) is 13.2 Å². The Hall–Kier alpha value is -2.10. The monoisotopic (exact) mass is 304 g/mol. The number of aryl methyl sites for hydroxylation is 1. The van der Waals surface area contributed by atoms with Crippen LogP contribution in [0.1, 0.15) is 31.4 Å². The Morgan fingerprint density at radius 1 is 1.38 bits per heavy atom. The Balaban J connectivity index is 2.31. The van der Waals surface area contributed by atoms with E-state index in [2.05, 4.69) is 15.3 Å². The van der Waals surface area contributed by atoms with E-state index in [1.54, 1.807) is 11.5 Å². The molecule has 2 N–H and O–H groups in total. The van der Waals surface area contributed by atoms with Crippen molar-refractivity contribution >= 4 is 0 Å². The largest absolute Gasteiger partial charge is 0.433 e. The second-order valence-corrected chi connectivity index (χ2v) is 4.46. The van der Waals surface area contributed by atoms with Crippen LogP contribution in [0.3, 0.4) is 0 Å². The molecule has 0 aliphatic carbocycles. The molecule has 0 bridgehead atoms. The van der Waals surface area contributed by atoms with Crippen molar-refractivity contribution in [2.24, 2.45) is 12.8 Å². The fourth-order valence-electron chi connectivity index (χ4n) is 1.86. The lowest BCUT2D eigenvalue weighted by molar-refractivity contribution is -0.143. The summed E-state index contributed by atoms with van der Waals surface area (Å²) >= 11 is 0. The molecule has 0 aliphatic rings. The van der Waals surface area contributed by atoms with E-state index in [-0.39, 0.29) is 17.9 Å². The van der Waals surface area contributed by atoms with E-state index in [1.807, 2.05) is 6.92 Å². The average molecular weight is 304 g/mol. The molecule has 0 fully saturated rings. The number of nitrogens with zero attached hydrogens (tertiary/aromatic N) is 5. The predicted octanol–water partition coefficient (Wildman–Crippen LogP) is 1.86. The van der Waals surface area contributed by atoms with E-state index in [4.69, 9.17) is 10.5 Å². The van der Waals surface area contributed by atoms with Gasteiger partial charge in [-0.25, -0.2) is 0 Å². The molecule has 2 rings (SSSR count). The van der Waals surface area contributed by atoms with Gasteiger partial charge in [0.25, 0.3) is 0 Å². The second kappa shape index (κ2) is 5.35. The molecule has 116 valence electrons. The molecule has 21 heavy (non-hydrogen) atoms. The van der Waals surface area contributed by atoms with Crippen molar-refractivity contribution < 1.29 is 17.9 Å². The highest BCUT2D eigenvalue weighted by molar-refractivity contribution is 5.21. The summed E-state index contributed by atoms with van der Waals surface area (Å²) < 4.78 is 45.6. The maximum atomic E-state index is 12.7. The van der Waals surface area contributed by atoms with E-state index in [0.29, 0.717) is 17.1 Å². The van der Waals surface area contributed by atoms with Gasteiger partial charge >= 0.3 is 12.2 Å². The topological polar surface area (TPSA) is 83.8 Å². The minimum Gasteiger partial charge on any atom is -0.404 e. The third-order valence-electron chi connectivity index (χ3n) is 2.81. The number of hydrogen-bond acceptors (Lipinski definition) is 5. The summed E-state index contributed by atoms with van der Waals surface area (Å²) in [4.78, 5) is 0. The van der Waals surface area contributed by atoms with Crippen LogP contribution in [0.2, 0.25) is 0 Å². The van der Waals surface area contributed by atoms with Gasteiger partial charge in [-0.15, -0.1) is 10.2 Å². The van der Waals surface area contributed by atoms with Crippen LogP contribution >= 0.6 is 0 Å². The first-order valence-electron chi connectivity index (χ1n) is 6.21. The average Bonchev–Trinajstić information content (AvgIpc) is 2.92. The molecule has 2 aromatic rings. The van der Waals surface area contributed by atoms with Crippen molar-refractivity contribution in [2.45, 2.75) is 32.6 Å². The summed E-state index contributed by atoms with van der Waals surface area (Å²) in [5, 5.41) is 11.3. The van der Waals surface area contributed by atoms with Crippen LogP contribution in [-0.4, -0.2) is 24.5 Å². The Morgan fingerprint density at radius 2 is 2.05 bits per heavy atom. The van der Waals surface area contributed by atoms with Gasteiger partial charge in [0, 0.05) is 19.7 Å². The second-order valence-electron chi connectivity index (χ2n) is 4.46. The molecule has 0 aliphatic heterocycles. The lowest BCUT2D eigenvalue weighted by atomic mass is 10.3. The van der Waals surface area contributed by atoms with Gasteiger partial charge in [0.15, 0.2) is 5.82 Å². The molecule has 0 spiro atoms. The lowest BCUT2D eigenvalue weighted by Gasteiger charge is -2.08. The van der Waals surface area contributed by atoms with Crippen LogP contribution < -0.4 is 10.5 Å². The zero-order valence-corrected chi connectivity index (χ0v) is 11.7. The lowest BCUT2D eigenvalue weighted by Crippen LogP contribution is -2.13. The van der Waals surface area contributed by atoms with E-state index >= 15 is 0 Å². The highest BCUT2D eigenvalue weighted by atomic mass is 19.4. The molecule has 0 saturated carbocycles. The molecule has 1 atom stereocenters. The fourth-order valence-corrected chi connectivity index (χ4v) is 1.86. The van der Waals surface area contributed by atoms with Gasteiger partial charge in [0.05, 0.1) is 6.04 Å². The van der Waals surface area contributed by atoms with Crippen LogP contribution in [0.5, 0.6) is 11.9 Å². The summed E-state index contributed by atoms with van der Waals surface area (Å²) in [6.45, 7) is 4.02. The first-order chi connectivity index (χ1) is 9.74. The van der Waals surface area contributed by atoms with Gasteiger partial charge in [-0.1, -0.05) is 5.10 Å². The first kappa shape index (κ1) is 15.3. The maximum Gasteiger partial charge on any atom is 0.433 e. The third-order valence-corrected chi connectivity index (χ3v) is 2.81. The van der Waals surface area contributed by atoms with E-state index in [0.717, 1.165) is 6.07 Å². The van der Waals surface area contributed by atoms with Gasteiger partial charge in [0.1, 0.15) is 5.69 Å². The number of halogens is 3. The number of nitrogens with two attached hydrogens (primary N) is 1. The number of alkyl halides is 3. The fraction of sp³-hybridized carbons (Fsp3) is 0.545. The van der Waals surface area contributed by atoms with Crippen LogP contribution in [-0.2, 0) is 19.8 Å². The van der Waals surface area contributed by atoms with Crippen LogP contribution in [0.4, 0.5) is 13.2 Å². The number of rotatable bonds is 4. The molecule has 2 aromatic heterocycles. The normalized spacial score (nSPS) is 13.5. The van der Waals surface area contributed by atoms with E-state index < -0.39 is 11.9 Å². The Bertz CT molecular complexity index is 630. The summed E-state index contributed by atoms with van der Waals surface area (Å²) in [6, 6.07) is 0.487. The van der Waals surface area contributed by atoms with Crippen LogP contribution in [0.25, 0.3) is 0 Å². The number of hydrogen-bond donors (Lipinski definition) is 1. The number of ether oxygens (including phenoxy) is 1. The zero-order valence-electron chi connectivity index (χ0n) is 11.7. The highest BCUT2D eigenvalue weighted by Gasteiger charge is 2.35. The maximum absolute atomic E-state index is 12.7. The Kier molecular flexibility index (Phi) is 3.90. The highest BCUT2D eigenvalue weighted by Crippen LogP contribution is 2.32. The number of aromatic nitrogens is 5. The smallest absolute Gasteiger partial charge is 0.404 e. The molecule has 0 amide bonds. The van der Waals surface area contributed by atoms with Gasteiger partial charge in [-0.05, 0) is 13.8 Å². The molecule has 10 heteroatoms. The van der Waals surface area contributed by atoms with E-state index in [1.165, 1.54) is 7.05 Å². The van der Waals surface area contributed by atoms with Crippen molar-refractivity contribution in [3.05, 3.63) is 17.6 Å². The molecule has 0 radical (unpaired) electrons. The van der Waals surface area contributed by atoms with Gasteiger partial charge in [-0.3, -0.25) is 9.25 Å². The molecule has 0 aromatic carbocycles. The Labute approximate surface area is 118 Å². The van der Waals surface area contributed by atoms with Gasteiger partial charge in [0.2, 0.25) is 5.88 Å². The van der Waals surface area contributed by atoms with Crippen molar-refractivity contribution in [2.75, 3.05) is 0 Å². The van der Waals surface area contributed by atoms with Gasteiger partial charge < -0.3 is 10.5 Å². The predicted molar refractivity (Wildman–Crippen MR) is 66.6 cm³/mol. The standard InChI is InChI=1S/C11H15F3N6O/c1-4-20-9(6(2)15)16-17-10(20)21-8-5-7(11(12,13)14)19(3)18-8/h5-6H,4,15H2,1-3H3/t6-/m1/s1. The molecular weight excluding hydrogens is 289 g/mol. The molecule has 0 saturated heterocycles. The van der Waals surface area contributed by atoms with Crippen molar-refractivity contribution in [1.82, 2.24) is 24.5 Å². The molecule has 2 heterocycles. The molecule has 0 unspecified atom stereocenters. The van der Waals surface area contributed by atoms with Crippen molar-refractivity contribution in [3.63, 3.8) is 0 Å². The van der Waals surface area contributed by atoms with Crippen LogP contribution in [0, 0.1) is 0 Å². The summed E-state index contributed by atoms with van der Waals surface area (Å²) in [6.07, 6.45) is -4.50. The zero-order chi connectivity index (χ0) is 15.8. The summed E-state index contributed by atoms with van der Waals surface area (Å²) in [5.74, 6) is 0.280.